The molecule has 0 amide bonds. The van der Waals surface area contributed by atoms with Gasteiger partial charge in [0.25, 0.3) is 0 Å². The van der Waals surface area contributed by atoms with Crippen molar-refractivity contribution in [2.45, 2.75) is 0 Å². The Kier molecular flexibility index (Phi) is 14.9. The summed E-state index contributed by atoms with van der Waals surface area (Å²) >= 11 is 0. The molecule has 6 heavy (non-hydrogen) atoms. The molecule has 1 nitrogen and oxygen atoms in total. The number of hydrogen-bond donors (Lipinski definition) is 0. The molecule has 0 aromatic rings. The van der Waals surface area contributed by atoms with Crippen LogP contribution in [0.1, 0.15) is 0 Å². The van der Waals surface area contributed by atoms with E-state index in [1.165, 1.54) is 0 Å². The van der Waals surface area contributed by atoms with Crippen LogP contribution in [0.4, 0.5) is 0 Å². The van der Waals surface area contributed by atoms with E-state index in [4.69, 9.17) is 6.58 Å². The summed E-state index contributed by atoms with van der Waals surface area (Å²) in [6.07, 6.45) is 1.12. The Morgan fingerprint density at radius 2 is 2.33 bits per heavy atom. The van der Waals surface area contributed by atoms with Gasteiger partial charge in [-0.25, -0.2) is 0 Å². The van der Waals surface area contributed by atoms with E-state index < -0.39 is 0 Å². The van der Waals surface area contributed by atoms with Gasteiger partial charge in [0.2, 0.25) is 0 Å². The molecule has 0 radical (unpaired) electrons. The van der Waals surface area contributed by atoms with Crippen molar-refractivity contribution in [1.29, 1.82) is 0 Å². The third-order valence-corrected chi connectivity index (χ3v) is 0.214. The fraction of sp³-hybridized carbons (Fsp3) is 0.250. The zero-order chi connectivity index (χ0) is 4.12. The largest absolute Gasteiger partial charge is 2.00 e. The van der Waals surface area contributed by atoms with E-state index >= 15 is 0 Å². The Hall–Kier alpha value is 0.592. The molecule has 0 saturated carbocycles. The number of hydrogen-bond acceptors (Lipinski definition) is 1. The Morgan fingerprint density at radius 1 is 1.83 bits per heavy atom. The first kappa shape index (κ1) is 9.78. The molecule has 0 aliphatic rings. The van der Waals surface area contributed by atoms with Gasteiger partial charge in [0.15, 0.2) is 0 Å². The maximum Gasteiger partial charge on any atom is 2.00 e. The van der Waals surface area contributed by atoms with Gasteiger partial charge in [-0.2, -0.15) is 0 Å². The monoisotopic (exact) mass is 308 g/mol. The molecule has 0 heterocycles. The SMILES string of the molecule is [CH-]=COC[CH2-].[U+2]. The van der Waals surface area contributed by atoms with E-state index in [9.17, 15) is 0 Å². The van der Waals surface area contributed by atoms with Crippen molar-refractivity contribution in [1.82, 2.24) is 0 Å². The quantitative estimate of drug-likeness (QED) is 0.541. The second-order valence-electron chi connectivity index (χ2n) is 0.507. The van der Waals surface area contributed by atoms with Gasteiger partial charge in [0.05, 0.1) is 0 Å². The topological polar surface area (TPSA) is 9.23 Å². The summed E-state index contributed by atoms with van der Waals surface area (Å²) in [4.78, 5) is 0. The van der Waals surface area contributed by atoms with Gasteiger partial charge in [0.1, 0.15) is 0 Å². The second kappa shape index (κ2) is 9.14. The minimum Gasteiger partial charge on any atom is -0.570 e. The van der Waals surface area contributed by atoms with Crippen LogP contribution in [0.5, 0.6) is 0 Å². The predicted molar refractivity (Wildman–Crippen MR) is 20.2 cm³/mol. The number of ether oxygens (including phenoxy) is 1. The van der Waals surface area contributed by atoms with E-state index in [1.807, 2.05) is 0 Å². The van der Waals surface area contributed by atoms with Crippen molar-refractivity contribution in [3.8, 4) is 0 Å². The smallest absolute Gasteiger partial charge is 0.570 e. The summed E-state index contributed by atoms with van der Waals surface area (Å²) in [5, 5.41) is 0. The minimum absolute atomic E-state index is 0. The Labute approximate surface area is 62.1 Å². The molecule has 0 spiro atoms. The minimum atomic E-state index is 0. The number of rotatable bonds is 2. The van der Waals surface area contributed by atoms with Crippen LogP contribution in [-0.2, 0) is 4.74 Å². The van der Waals surface area contributed by atoms with Crippen LogP contribution in [0, 0.1) is 44.6 Å². The van der Waals surface area contributed by atoms with Gasteiger partial charge in [-0.15, -0.1) is 6.26 Å². The molecule has 0 unspecified atom stereocenters. The van der Waals surface area contributed by atoms with Crippen molar-refractivity contribution in [3.05, 3.63) is 19.8 Å². The summed E-state index contributed by atoms with van der Waals surface area (Å²) in [6, 6.07) is 0. The molecule has 0 N–H and O–H groups in total. The summed E-state index contributed by atoms with van der Waals surface area (Å²) in [6.45, 7) is 8.51. The molecule has 0 aliphatic heterocycles. The molecule has 2 heteroatoms. The standard InChI is InChI=1S/C4H6O.U/c1-3-5-4-2;/h1,3H,2,4H2;/q-2;+2. The van der Waals surface area contributed by atoms with E-state index in [1.54, 1.807) is 0 Å². The van der Waals surface area contributed by atoms with Crippen molar-refractivity contribution < 1.29 is 35.9 Å². The summed E-state index contributed by atoms with van der Waals surface area (Å²) in [5.74, 6) is 0. The first-order chi connectivity index (χ1) is 2.41. The van der Waals surface area contributed by atoms with Crippen molar-refractivity contribution in [3.63, 3.8) is 0 Å². The first-order valence-electron chi connectivity index (χ1n) is 1.36. The van der Waals surface area contributed by atoms with Gasteiger partial charge in [-0.3, -0.25) is 0 Å². The Balaban J connectivity index is 0. The molecule has 0 fully saturated rings. The summed E-state index contributed by atoms with van der Waals surface area (Å²) in [5.41, 5.74) is 0. The average molecular weight is 308 g/mol. The fourth-order valence-corrected chi connectivity index (χ4v) is 0.0680. The van der Waals surface area contributed by atoms with Crippen LogP contribution < -0.4 is 0 Å². The van der Waals surface area contributed by atoms with Crippen molar-refractivity contribution in [2.24, 2.45) is 0 Å². The van der Waals surface area contributed by atoms with Gasteiger partial charge in [-0.1, -0.05) is 0 Å². The molecule has 0 aromatic heterocycles. The second-order valence-corrected chi connectivity index (χ2v) is 0.507. The Bertz CT molecular complexity index is 28.7. The van der Waals surface area contributed by atoms with Crippen LogP contribution in [-0.4, -0.2) is 6.61 Å². The molecular formula is C4H6OU. The molecule has 0 saturated heterocycles. The molecule has 0 aromatic carbocycles. The summed E-state index contributed by atoms with van der Waals surface area (Å²) in [7, 11) is 0. The zero-order valence-electron chi connectivity index (χ0n) is 3.48. The van der Waals surface area contributed by atoms with Crippen LogP contribution in [0.15, 0.2) is 6.26 Å². The van der Waals surface area contributed by atoms with E-state index in [2.05, 4.69) is 11.7 Å². The predicted octanol–water partition coefficient (Wildman–Crippen LogP) is 0.784. The molecule has 32 valence electrons. The van der Waals surface area contributed by atoms with E-state index in [0.29, 0.717) is 6.61 Å². The van der Waals surface area contributed by atoms with E-state index in [0.717, 1.165) is 6.26 Å². The third kappa shape index (κ3) is 8.82. The maximum absolute atomic E-state index is 4.75. The van der Waals surface area contributed by atoms with Gasteiger partial charge in [0, 0.05) is 0 Å². The molecule has 0 bridgehead atoms. The molecule has 0 rings (SSSR count). The van der Waals surface area contributed by atoms with Crippen LogP contribution in [0.25, 0.3) is 0 Å². The van der Waals surface area contributed by atoms with Crippen LogP contribution in [0.2, 0.25) is 0 Å². The van der Waals surface area contributed by atoms with Crippen molar-refractivity contribution in [2.75, 3.05) is 6.61 Å². The Morgan fingerprint density at radius 3 is 2.33 bits per heavy atom. The third-order valence-electron chi connectivity index (χ3n) is 0.214. The fourth-order valence-electron chi connectivity index (χ4n) is 0.0680. The molecular weight excluding hydrogens is 302 g/mol. The first-order valence-corrected chi connectivity index (χ1v) is 1.36. The van der Waals surface area contributed by atoms with Crippen LogP contribution >= 0.6 is 0 Å². The molecule has 0 atom stereocenters. The summed E-state index contributed by atoms with van der Waals surface area (Å²) < 4.78 is 4.38. The van der Waals surface area contributed by atoms with Gasteiger partial charge in [-0.05, 0) is 6.61 Å². The van der Waals surface area contributed by atoms with Crippen molar-refractivity contribution >= 4 is 0 Å². The molecule has 0 aliphatic carbocycles. The van der Waals surface area contributed by atoms with E-state index in [-0.39, 0.29) is 31.1 Å². The normalized spacial score (nSPS) is 5.50. The van der Waals surface area contributed by atoms with Crippen LogP contribution in [0.3, 0.4) is 0 Å². The van der Waals surface area contributed by atoms with Gasteiger partial charge >= 0.3 is 31.1 Å². The zero-order valence-corrected chi connectivity index (χ0v) is 7.64. The van der Waals surface area contributed by atoms with Gasteiger partial charge < -0.3 is 18.2 Å². The maximum atomic E-state index is 4.75. The average Bonchev–Trinajstić information content (AvgIpc) is 1.41.